The third kappa shape index (κ3) is 2.44. The van der Waals surface area contributed by atoms with Crippen molar-refractivity contribution in [1.82, 2.24) is 5.01 Å². The van der Waals surface area contributed by atoms with Gasteiger partial charge in [-0.25, -0.2) is 0 Å². The summed E-state index contributed by atoms with van der Waals surface area (Å²) in [6.07, 6.45) is 7.65. The largest absolute Gasteiger partial charge is 0.497 e. The molecule has 0 aromatic heterocycles. The van der Waals surface area contributed by atoms with E-state index in [9.17, 15) is 9.59 Å². The first kappa shape index (κ1) is 15.9. The van der Waals surface area contributed by atoms with Gasteiger partial charge in [0.2, 0.25) is 0 Å². The Morgan fingerprint density at radius 1 is 1.04 bits per heavy atom. The van der Waals surface area contributed by atoms with Crippen molar-refractivity contribution in [2.75, 3.05) is 14.2 Å². The number of rotatable bonds is 4. The van der Waals surface area contributed by atoms with Gasteiger partial charge in [-0.15, -0.1) is 0 Å². The van der Waals surface area contributed by atoms with E-state index in [0.717, 1.165) is 17.9 Å². The number of methoxy groups -OCH3 is 2. The van der Waals surface area contributed by atoms with E-state index in [0.29, 0.717) is 17.1 Å². The summed E-state index contributed by atoms with van der Waals surface area (Å²) in [4.78, 5) is 25.4. The highest BCUT2D eigenvalue weighted by molar-refractivity contribution is 6.06. The molecule has 1 aromatic rings. The maximum absolute atomic E-state index is 12.7. The molecular weight excluding hydrogens is 320 g/mol. The van der Waals surface area contributed by atoms with Crippen molar-refractivity contribution >= 4 is 18.0 Å². The highest BCUT2D eigenvalue weighted by Gasteiger charge is 2.56. The van der Waals surface area contributed by atoms with Crippen LogP contribution in [0.5, 0.6) is 11.5 Å². The Kier molecular flexibility index (Phi) is 3.82. The smallest absolute Gasteiger partial charge is 0.254 e. The number of imide groups is 1. The van der Waals surface area contributed by atoms with Crippen molar-refractivity contribution in [2.45, 2.75) is 12.8 Å². The number of allylic oxidation sites excluding steroid dienone is 2. The molecule has 0 radical (unpaired) electrons. The van der Waals surface area contributed by atoms with Crippen LogP contribution in [0.4, 0.5) is 0 Å². The van der Waals surface area contributed by atoms with Gasteiger partial charge in [-0.3, -0.25) is 9.59 Å². The highest BCUT2D eigenvalue weighted by Crippen LogP contribution is 2.49. The fourth-order valence-electron chi connectivity index (χ4n) is 4.22. The first-order chi connectivity index (χ1) is 12.1. The maximum Gasteiger partial charge on any atom is 0.254 e. The zero-order valence-corrected chi connectivity index (χ0v) is 14.2. The summed E-state index contributed by atoms with van der Waals surface area (Å²) in [6.45, 7) is 0. The molecule has 2 fully saturated rings. The third-order valence-corrected chi connectivity index (χ3v) is 5.49. The van der Waals surface area contributed by atoms with Crippen LogP contribution >= 0.6 is 0 Å². The maximum atomic E-state index is 12.7. The normalized spacial score (nSPS) is 30.2. The van der Waals surface area contributed by atoms with Gasteiger partial charge in [0.15, 0.2) is 0 Å². The molecule has 2 amide bonds. The molecule has 6 nitrogen and oxygen atoms in total. The molecule has 1 saturated carbocycles. The summed E-state index contributed by atoms with van der Waals surface area (Å²) in [7, 11) is 3.13. The van der Waals surface area contributed by atoms with Crippen molar-refractivity contribution in [3.05, 3.63) is 35.9 Å². The summed E-state index contributed by atoms with van der Waals surface area (Å²) in [5, 5.41) is 5.25. The fourth-order valence-corrected chi connectivity index (χ4v) is 4.22. The van der Waals surface area contributed by atoms with Crippen molar-refractivity contribution in [3.8, 4) is 11.5 Å². The lowest BCUT2D eigenvalue weighted by atomic mass is 9.63. The fraction of sp³-hybridized carbons (Fsp3) is 0.421. The van der Waals surface area contributed by atoms with E-state index in [4.69, 9.17) is 9.47 Å². The Morgan fingerprint density at radius 3 is 2.20 bits per heavy atom. The SMILES string of the molecule is COc1ccc(/C=N\N2C(=O)[C@H]3[C@H](C2=O)[C@H]2C=C[C@H]3CC2)c(OC)c1. The van der Waals surface area contributed by atoms with Crippen molar-refractivity contribution in [2.24, 2.45) is 28.8 Å². The van der Waals surface area contributed by atoms with Crippen LogP contribution in [0.25, 0.3) is 0 Å². The van der Waals surface area contributed by atoms with E-state index in [-0.39, 0.29) is 35.5 Å². The second kappa shape index (κ2) is 6.02. The second-order valence-electron chi connectivity index (χ2n) is 6.68. The predicted molar refractivity (Wildman–Crippen MR) is 91.3 cm³/mol. The molecule has 0 spiro atoms. The van der Waals surface area contributed by atoms with Crippen LogP contribution in [0.3, 0.4) is 0 Å². The number of hydrazone groups is 1. The van der Waals surface area contributed by atoms with Crippen LogP contribution < -0.4 is 9.47 Å². The van der Waals surface area contributed by atoms with Gasteiger partial charge in [-0.2, -0.15) is 10.1 Å². The molecule has 0 N–H and O–H groups in total. The number of ether oxygens (including phenoxy) is 2. The quantitative estimate of drug-likeness (QED) is 0.479. The Bertz CT molecular complexity index is 754. The third-order valence-electron chi connectivity index (χ3n) is 5.49. The number of nitrogens with zero attached hydrogens (tertiary/aromatic N) is 2. The Hall–Kier alpha value is -2.63. The van der Waals surface area contributed by atoms with E-state index in [1.807, 2.05) is 0 Å². The minimum absolute atomic E-state index is 0.169. The molecule has 1 aliphatic heterocycles. The lowest BCUT2D eigenvalue weighted by molar-refractivity contribution is -0.140. The molecule has 5 rings (SSSR count). The van der Waals surface area contributed by atoms with Gasteiger partial charge >= 0.3 is 0 Å². The van der Waals surface area contributed by atoms with Crippen LogP contribution in [0.1, 0.15) is 18.4 Å². The number of carbonyl (C=O) groups excluding carboxylic acids is 2. The van der Waals surface area contributed by atoms with Gasteiger partial charge in [0, 0.05) is 11.6 Å². The zero-order valence-electron chi connectivity index (χ0n) is 14.2. The van der Waals surface area contributed by atoms with Crippen LogP contribution in [0, 0.1) is 23.7 Å². The topological polar surface area (TPSA) is 68.2 Å². The van der Waals surface area contributed by atoms with E-state index in [1.165, 1.54) is 6.21 Å². The molecule has 4 aliphatic rings. The van der Waals surface area contributed by atoms with Crippen molar-refractivity contribution < 1.29 is 19.1 Å². The van der Waals surface area contributed by atoms with E-state index in [1.54, 1.807) is 32.4 Å². The molecular formula is C19H20N2O4. The summed E-state index contributed by atoms with van der Waals surface area (Å²) in [6, 6.07) is 5.30. The lowest BCUT2D eigenvalue weighted by Gasteiger charge is -2.37. The average molecular weight is 340 g/mol. The van der Waals surface area contributed by atoms with Gasteiger partial charge in [-0.05, 0) is 36.8 Å². The molecule has 2 bridgehead atoms. The Balaban J connectivity index is 1.60. The van der Waals surface area contributed by atoms with Gasteiger partial charge < -0.3 is 9.47 Å². The molecule has 3 aliphatic carbocycles. The molecule has 4 atom stereocenters. The number of fused-ring (bicyclic) bond motifs is 1. The highest BCUT2D eigenvalue weighted by atomic mass is 16.5. The van der Waals surface area contributed by atoms with Crippen molar-refractivity contribution in [1.29, 1.82) is 0 Å². The predicted octanol–water partition coefficient (Wildman–Crippen LogP) is 2.23. The molecule has 25 heavy (non-hydrogen) atoms. The summed E-state index contributed by atoms with van der Waals surface area (Å²) >= 11 is 0. The average Bonchev–Trinajstić information content (AvgIpc) is 2.93. The minimum atomic E-state index is -0.244. The van der Waals surface area contributed by atoms with Crippen molar-refractivity contribution in [3.63, 3.8) is 0 Å². The molecule has 1 heterocycles. The van der Waals surface area contributed by atoms with Crippen LogP contribution in [0.15, 0.2) is 35.5 Å². The van der Waals surface area contributed by atoms with E-state index in [2.05, 4.69) is 17.3 Å². The number of carbonyl (C=O) groups is 2. The van der Waals surface area contributed by atoms with E-state index < -0.39 is 0 Å². The number of amides is 2. The summed E-state index contributed by atoms with van der Waals surface area (Å²) in [5.41, 5.74) is 0.680. The Morgan fingerprint density at radius 2 is 1.68 bits per heavy atom. The first-order valence-corrected chi connectivity index (χ1v) is 8.46. The van der Waals surface area contributed by atoms with Crippen LogP contribution in [-0.4, -0.2) is 37.3 Å². The monoisotopic (exact) mass is 340 g/mol. The van der Waals surface area contributed by atoms with Crippen LogP contribution in [0.2, 0.25) is 0 Å². The molecule has 1 saturated heterocycles. The number of hydrogen-bond acceptors (Lipinski definition) is 5. The lowest BCUT2D eigenvalue weighted by Crippen LogP contribution is -2.38. The van der Waals surface area contributed by atoms with Gasteiger partial charge in [-0.1, -0.05) is 12.2 Å². The minimum Gasteiger partial charge on any atom is -0.497 e. The molecule has 130 valence electrons. The number of hydrogen-bond donors (Lipinski definition) is 0. The van der Waals surface area contributed by atoms with Gasteiger partial charge in [0.1, 0.15) is 11.5 Å². The summed E-state index contributed by atoms with van der Waals surface area (Å²) < 4.78 is 10.5. The number of benzene rings is 1. The molecule has 0 unspecified atom stereocenters. The summed E-state index contributed by atoms with van der Waals surface area (Å²) in [5.74, 6) is 0.717. The second-order valence-corrected chi connectivity index (χ2v) is 6.68. The van der Waals surface area contributed by atoms with Gasteiger partial charge in [0.25, 0.3) is 11.8 Å². The molecule has 6 heteroatoms. The Labute approximate surface area is 146 Å². The zero-order chi connectivity index (χ0) is 17.6. The van der Waals surface area contributed by atoms with E-state index >= 15 is 0 Å². The standard InChI is InChI=1S/C19H20N2O4/c1-24-14-8-7-13(15(9-14)25-2)10-20-21-18(22)16-11-3-4-12(6-5-11)17(16)19(21)23/h3-4,7-12,16-17H,5-6H2,1-2H3/b20-10-/t11-,12-,16+,17+/m0/s1. The first-order valence-electron chi connectivity index (χ1n) is 8.46. The van der Waals surface area contributed by atoms with Gasteiger partial charge in [0.05, 0.1) is 32.3 Å². The van der Waals surface area contributed by atoms with Crippen LogP contribution in [-0.2, 0) is 9.59 Å². The molecule has 1 aromatic carbocycles.